The molecule has 0 saturated heterocycles. The molecule has 0 spiro atoms. The number of nitrogens with one attached hydrogen (secondary N) is 2. The highest BCUT2D eigenvalue weighted by atomic mass is 35.5. The first kappa shape index (κ1) is 11.3. The molecular formula is C10H7ClN4O2. The number of nitrogens with zero attached hydrogens (tertiary/aromatic N) is 2. The fraction of sp³-hybridized carbons (Fsp3) is 0. The Labute approximate surface area is 101 Å². The molecule has 0 unspecified atom stereocenters. The first-order valence-corrected chi connectivity index (χ1v) is 5.01. The Morgan fingerprint density at radius 1 is 1.29 bits per heavy atom. The maximum Gasteiger partial charge on any atom is 0.273 e. The van der Waals surface area contributed by atoms with Crippen LogP contribution in [0.4, 0.5) is 5.82 Å². The van der Waals surface area contributed by atoms with E-state index in [9.17, 15) is 9.59 Å². The van der Waals surface area contributed by atoms with Crippen molar-refractivity contribution in [3.63, 3.8) is 0 Å². The molecule has 0 radical (unpaired) electrons. The fourth-order valence-electron chi connectivity index (χ4n) is 1.14. The second-order valence-electron chi connectivity index (χ2n) is 3.11. The summed E-state index contributed by atoms with van der Waals surface area (Å²) in [5.41, 5.74) is -0.200. The molecule has 17 heavy (non-hydrogen) atoms. The number of anilines is 1. The van der Waals surface area contributed by atoms with Gasteiger partial charge in [0.2, 0.25) is 5.56 Å². The van der Waals surface area contributed by atoms with Crippen LogP contribution >= 0.6 is 11.6 Å². The van der Waals surface area contributed by atoms with Gasteiger partial charge in [0.25, 0.3) is 5.91 Å². The normalized spacial score (nSPS) is 9.94. The van der Waals surface area contributed by atoms with Crippen LogP contribution in [-0.2, 0) is 0 Å². The van der Waals surface area contributed by atoms with Crippen LogP contribution in [0, 0.1) is 0 Å². The third-order valence-electron chi connectivity index (χ3n) is 1.87. The highest BCUT2D eigenvalue weighted by Crippen LogP contribution is 2.06. The maximum atomic E-state index is 11.7. The van der Waals surface area contributed by atoms with Gasteiger partial charge in [-0.1, -0.05) is 17.7 Å². The van der Waals surface area contributed by atoms with Crippen LogP contribution < -0.4 is 10.9 Å². The average Bonchev–Trinajstić information content (AvgIpc) is 2.32. The van der Waals surface area contributed by atoms with Crippen molar-refractivity contribution in [1.82, 2.24) is 15.0 Å². The summed E-state index contributed by atoms with van der Waals surface area (Å²) >= 11 is 5.55. The van der Waals surface area contributed by atoms with Gasteiger partial charge in [0.1, 0.15) is 10.8 Å². The summed E-state index contributed by atoms with van der Waals surface area (Å²) in [4.78, 5) is 32.7. The highest BCUT2D eigenvalue weighted by molar-refractivity contribution is 6.29. The number of aromatic amines is 1. The van der Waals surface area contributed by atoms with Gasteiger partial charge < -0.3 is 10.3 Å². The third kappa shape index (κ3) is 2.88. The maximum absolute atomic E-state index is 11.7. The van der Waals surface area contributed by atoms with Crippen molar-refractivity contribution in [3.05, 3.63) is 51.8 Å². The second-order valence-corrected chi connectivity index (χ2v) is 3.49. The van der Waals surface area contributed by atoms with E-state index in [1.807, 2.05) is 0 Å². The Hall–Kier alpha value is -2.21. The molecule has 2 aromatic rings. The van der Waals surface area contributed by atoms with Crippen molar-refractivity contribution < 1.29 is 4.79 Å². The summed E-state index contributed by atoms with van der Waals surface area (Å²) < 4.78 is 0. The molecule has 0 bridgehead atoms. The summed E-state index contributed by atoms with van der Waals surface area (Å²) in [6, 6.07) is 4.29. The Morgan fingerprint density at radius 3 is 2.76 bits per heavy atom. The summed E-state index contributed by atoms with van der Waals surface area (Å²) in [6.45, 7) is 0. The largest absolute Gasteiger partial charge is 0.318 e. The first-order chi connectivity index (χ1) is 8.15. The quantitative estimate of drug-likeness (QED) is 0.835. The van der Waals surface area contributed by atoms with Crippen LogP contribution in [0.2, 0.25) is 5.15 Å². The average molecular weight is 251 g/mol. The Kier molecular flexibility index (Phi) is 3.15. The lowest BCUT2D eigenvalue weighted by molar-refractivity contribution is 0.102. The standard InChI is InChI=1S/C10H7ClN4O2/c11-7-4-13-8(5-12-7)15-10(17)6-2-1-3-9(16)14-6/h1-5H,(H,14,16)(H,13,15,17). The molecule has 7 heteroatoms. The minimum atomic E-state index is -0.473. The zero-order valence-electron chi connectivity index (χ0n) is 8.48. The molecule has 0 aliphatic rings. The lowest BCUT2D eigenvalue weighted by atomic mass is 10.3. The number of amides is 1. The fourth-order valence-corrected chi connectivity index (χ4v) is 1.24. The van der Waals surface area contributed by atoms with Crippen LogP contribution in [0.3, 0.4) is 0 Å². The molecule has 2 N–H and O–H groups in total. The van der Waals surface area contributed by atoms with Gasteiger partial charge in [0.15, 0.2) is 5.82 Å². The Balaban J connectivity index is 2.17. The van der Waals surface area contributed by atoms with Gasteiger partial charge in [0.05, 0.1) is 12.4 Å². The molecule has 0 aliphatic carbocycles. The van der Waals surface area contributed by atoms with E-state index in [0.717, 1.165) is 0 Å². The smallest absolute Gasteiger partial charge is 0.273 e. The van der Waals surface area contributed by atoms with Gasteiger partial charge in [-0.3, -0.25) is 9.59 Å². The molecule has 0 atom stereocenters. The number of aromatic nitrogens is 3. The topological polar surface area (TPSA) is 87.7 Å². The summed E-state index contributed by atoms with van der Waals surface area (Å²) in [5, 5.41) is 2.70. The number of H-pyrrole nitrogens is 1. The van der Waals surface area contributed by atoms with E-state index in [4.69, 9.17) is 11.6 Å². The molecule has 2 aromatic heterocycles. The Morgan fingerprint density at radius 2 is 2.12 bits per heavy atom. The molecule has 2 heterocycles. The summed E-state index contributed by atoms with van der Waals surface area (Å²) in [5.74, 6) is -0.219. The number of carbonyl (C=O) groups is 1. The highest BCUT2D eigenvalue weighted by Gasteiger charge is 2.07. The van der Waals surface area contributed by atoms with Crippen LogP contribution in [0.15, 0.2) is 35.4 Å². The number of halogens is 1. The van der Waals surface area contributed by atoms with Crippen molar-refractivity contribution in [2.24, 2.45) is 0 Å². The summed E-state index contributed by atoms with van der Waals surface area (Å²) in [7, 11) is 0. The van der Waals surface area contributed by atoms with Gasteiger partial charge in [-0.15, -0.1) is 0 Å². The molecule has 86 valence electrons. The molecule has 0 saturated carbocycles. The monoisotopic (exact) mass is 250 g/mol. The lowest BCUT2D eigenvalue weighted by Crippen LogP contribution is -2.18. The number of hydrogen-bond donors (Lipinski definition) is 2. The first-order valence-electron chi connectivity index (χ1n) is 4.63. The number of pyridine rings is 1. The van der Waals surface area contributed by atoms with E-state index in [0.29, 0.717) is 0 Å². The SMILES string of the molecule is O=C(Nc1cnc(Cl)cn1)c1cccc(=O)[nH]1. The van der Waals surface area contributed by atoms with E-state index in [-0.39, 0.29) is 22.2 Å². The van der Waals surface area contributed by atoms with Crippen LogP contribution in [0.5, 0.6) is 0 Å². The third-order valence-corrected chi connectivity index (χ3v) is 2.07. The Bertz CT molecular complexity index is 594. The van der Waals surface area contributed by atoms with E-state index in [1.54, 1.807) is 0 Å². The van der Waals surface area contributed by atoms with Crippen molar-refractivity contribution in [2.75, 3.05) is 5.32 Å². The minimum absolute atomic E-state index is 0.147. The van der Waals surface area contributed by atoms with Crippen LogP contribution in [0.1, 0.15) is 10.5 Å². The van der Waals surface area contributed by atoms with E-state index >= 15 is 0 Å². The predicted octanol–water partition coefficient (Wildman–Crippen LogP) is 1.07. The van der Waals surface area contributed by atoms with Gasteiger partial charge >= 0.3 is 0 Å². The molecule has 2 rings (SSSR count). The second kappa shape index (κ2) is 4.75. The van der Waals surface area contributed by atoms with Gasteiger partial charge in [-0.2, -0.15) is 0 Å². The number of carbonyl (C=O) groups excluding carboxylic acids is 1. The molecule has 1 amide bonds. The van der Waals surface area contributed by atoms with Crippen molar-refractivity contribution in [1.29, 1.82) is 0 Å². The lowest BCUT2D eigenvalue weighted by Gasteiger charge is -2.03. The van der Waals surface area contributed by atoms with Crippen molar-refractivity contribution in [3.8, 4) is 0 Å². The van der Waals surface area contributed by atoms with Gasteiger partial charge in [-0.05, 0) is 6.07 Å². The molecular weight excluding hydrogens is 244 g/mol. The molecule has 0 aromatic carbocycles. The molecule has 0 fully saturated rings. The zero-order chi connectivity index (χ0) is 12.3. The van der Waals surface area contributed by atoms with Crippen LogP contribution in [0.25, 0.3) is 0 Å². The van der Waals surface area contributed by atoms with E-state index < -0.39 is 5.91 Å². The number of hydrogen-bond acceptors (Lipinski definition) is 4. The van der Waals surface area contributed by atoms with Gasteiger partial charge in [0, 0.05) is 6.07 Å². The van der Waals surface area contributed by atoms with Gasteiger partial charge in [-0.25, -0.2) is 9.97 Å². The van der Waals surface area contributed by atoms with Crippen molar-refractivity contribution in [2.45, 2.75) is 0 Å². The van der Waals surface area contributed by atoms with Crippen LogP contribution in [-0.4, -0.2) is 20.9 Å². The molecule has 0 aliphatic heterocycles. The van der Waals surface area contributed by atoms with E-state index in [2.05, 4.69) is 20.3 Å². The molecule has 6 nitrogen and oxygen atoms in total. The summed E-state index contributed by atoms with van der Waals surface area (Å²) in [6.07, 6.45) is 2.63. The minimum Gasteiger partial charge on any atom is -0.318 e. The van der Waals surface area contributed by atoms with Crippen molar-refractivity contribution >= 4 is 23.3 Å². The number of rotatable bonds is 2. The zero-order valence-corrected chi connectivity index (χ0v) is 9.23. The van der Waals surface area contributed by atoms with E-state index in [1.165, 1.54) is 30.6 Å². The predicted molar refractivity (Wildman–Crippen MR) is 62.1 cm³/mol.